The number of amides is 1. The standard InChI is InChI=1S/C16H21N5O2.ClH/c1-12-10-13(14(22)20(2)11-12)19-15(23)16(4-7-17-8-5-16)21-9-3-6-18-21;/h3,6,9-11,17H,4-5,7-8H2,1-2H3,(H,19,23);1H. The predicted molar refractivity (Wildman–Crippen MR) is 94.6 cm³/mol. The van der Waals surface area contributed by atoms with Crippen LogP contribution in [0.1, 0.15) is 18.4 Å². The molecular formula is C16H22ClN5O2. The molecule has 1 aliphatic heterocycles. The number of aromatic nitrogens is 3. The van der Waals surface area contributed by atoms with Crippen LogP contribution in [0.2, 0.25) is 0 Å². The highest BCUT2D eigenvalue weighted by molar-refractivity contribution is 5.96. The van der Waals surface area contributed by atoms with E-state index in [0.717, 1.165) is 18.7 Å². The van der Waals surface area contributed by atoms with Gasteiger partial charge in [0.2, 0.25) is 0 Å². The molecule has 7 nitrogen and oxygen atoms in total. The van der Waals surface area contributed by atoms with Crippen LogP contribution in [0.5, 0.6) is 0 Å². The van der Waals surface area contributed by atoms with Gasteiger partial charge in [0.1, 0.15) is 11.2 Å². The van der Waals surface area contributed by atoms with E-state index in [4.69, 9.17) is 0 Å². The van der Waals surface area contributed by atoms with E-state index in [2.05, 4.69) is 15.7 Å². The van der Waals surface area contributed by atoms with Crippen LogP contribution in [-0.4, -0.2) is 33.3 Å². The van der Waals surface area contributed by atoms with Crippen LogP contribution in [0.15, 0.2) is 35.5 Å². The number of hydrogen-bond donors (Lipinski definition) is 2. The molecule has 1 saturated heterocycles. The van der Waals surface area contributed by atoms with Crippen molar-refractivity contribution < 1.29 is 4.79 Å². The van der Waals surface area contributed by atoms with Gasteiger partial charge < -0.3 is 15.2 Å². The van der Waals surface area contributed by atoms with Crippen molar-refractivity contribution in [2.75, 3.05) is 18.4 Å². The molecule has 8 heteroatoms. The third-order valence-corrected chi connectivity index (χ3v) is 4.36. The Morgan fingerprint density at radius 3 is 2.71 bits per heavy atom. The van der Waals surface area contributed by atoms with Gasteiger partial charge in [-0.05, 0) is 50.6 Å². The Hall–Kier alpha value is -2.12. The second kappa shape index (κ2) is 7.19. The number of nitrogens with zero attached hydrogens (tertiary/aromatic N) is 3. The molecule has 0 bridgehead atoms. The zero-order valence-corrected chi connectivity index (χ0v) is 14.6. The number of piperidine rings is 1. The minimum absolute atomic E-state index is 0. The Morgan fingerprint density at radius 1 is 1.38 bits per heavy atom. The van der Waals surface area contributed by atoms with Gasteiger partial charge in [0.15, 0.2) is 0 Å². The molecule has 3 rings (SSSR count). The third-order valence-electron chi connectivity index (χ3n) is 4.36. The van der Waals surface area contributed by atoms with E-state index >= 15 is 0 Å². The summed E-state index contributed by atoms with van der Waals surface area (Å²) in [6.07, 6.45) is 6.48. The average molecular weight is 352 g/mol. The van der Waals surface area contributed by atoms with E-state index in [1.54, 1.807) is 36.4 Å². The summed E-state index contributed by atoms with van der Waals surface area (Å²) in [6.45, 7) is 3.36. The summed E-state index contributed by atoms with van der Waals surface area (Å²) in [5.74, 6) is -0.189. The molecule has 0 spiro atoms. The largest absolute Gasteiger partial charge is 0.319 e. The second-order valence-corrected chi connectivity index (χ2v) is 6.03. The summed E-state index contributed by atoms with van der Waals surface area (Å²) in [5, 5.41) is 10.4. The fourth-order valence-electron chi connectivity index (χ4n) is 3.13. The van der Waals surface area contributed by atoms with Crippen LogP contribution in [0.25, 0.3) is 0 Å². The van der Waals surface area contributed by atoms with Gasteiger partial charge in [-0.15, -0.1) is 12.4 Å². The maximum atomic E-state index is 13.0. The van der Waals surface area contributed by atoms with E-state index in [-0.39, 0.29) is 23.9 Å². The molecule has 1 fully saturated rings. The Balaban J connectivity index is 0.00000208. The van der Waals surface area contributed by atoms with Gasteiger partial charge in [-0.3, -0.25) is 14.3 Å². The molecule has 0 aromatic carbocycles. The summed E-state index contributed by atoms with van der Waals surface area (Å²) < 4.78 is 3.19. The highest BCUT2D eigenvalue weighted by Gasteiger charge is 2.42. The van der Waals surface area contributed by atoms with E-state index < -0.39 is 5.54 Å². The summed E-state index contributed by atoms with van der Waals surface area (Å²) in [5.41, 5.74) is 0.251. The molecule has 0 radical (unpaired) electrons. The first-order valence-electron chi connectivity index (χ1n) is 7.72. The summed E-state index contributed by atoms with van der Waals surface area (Å²) in [7, 11) is 1.68. The van der Waals surface area contributed by atoms with E-state index in [1.165, 1.54) is 4.57 Å². The van der Waals surface area contributed by atoms with Crippen molar-refractivity contribution in [3.05, 3.63) is 46.6 Å². The molecule has 0 atom stereocenters. The molecule has 2 N–H and O–H groups in total. The summed E-state index contributed by atoms with van der Waals surface area (Å²) >= 11 is 0. The monoisotopic (exact) mass is 351 g/mol. The van der Waals surface area contributed by atoms with Crippen LogP contribution < -0.4 is 16.2 Å². The molecule has 0 aliphatic carbocycles. The number of rotatable bonds is 3. The van der Waals surface area contributed by atoms with E-state index in [9.17, 15) is 9.59 Å². The first kappa shape index (κ1) is 18.2. The van der Waals surface area contributed by atoms with Gasteiger partial charge in [0, 0.05) is 25.6 Å². The lowest BCUT2D eigenvalue weighted by atomic mass is 9.87. The van der Waals surface area contributed by atoms with Crippen molar-refractivity contribution in [2.45, 2.75) is 25.3 Å². The van der Waals surface area contributed by atoms with Gasteiger partial charge in [-0.1, -0.05) is 0 Å². The Bertz CT molecular complexity index is 763. The van der Waals surface area contributed by atoms with Gasteiger partial charge in [-0.2, -0.15) is 5.10 Å². The molecule has 1 aliphatic rings. The topological polar surface area (TPSA) is 81.0 Å². The van der Waals surface area contributed by atoms with Crippen molar-refractivity contribution in [1.82, 2.24) is 19.7 Å². The molecule has 1 amide bonds. The highest BCUT2D eigenvalue weighted by atomic mass is 35.5. The fraction of sp³-hybridized carbons (Fsp3) is 0.438. The molecule has 24 heavy (non-hydrogen) atoms. The van der Waals surface area contributed by atoms with E-state index in [0.29, 0.717) is 18.5 Å². The number of halogens is 1. The predicted octanol–water partition coefficient (Wildman–Crippen LogP) is 1.03. The normalized spacial score (nSPS) is 16.2. The first-order chi connectivity index (χ1) is 11.0. The average Bonchev–Trinajstić information content (AvgIpc) is 3.07. The number of hydrogen-bond acceptors (Lipinski definition) is 4. The van der Waals surface area contributed by atoms with Crippen LogP contribution in [-0.2, 0) is 17.4 Å². The quantitative estimate of drug-likeness (QED) is 0.865. The van der Waals surface area contributed by atoms with Crippen LogP contribution in [0, 0.1) is 6.92 Å². The minimum Gasteiger partial charge on any atom is -0.319 e. The minimum atomic E-state index is -0.760. The first-order valence-corrected chi connectivity index (χ1v) is 7.72. The van der Waals surface area contributed by atoms with Crippen LogP contribution in [0.4, 0.5) is 5.69 Å². The van der Waals surface area contributed by atoms with Gasteiger partial charge >= 0.3 is 0 Å². The summed E-state index contributed by atoms with van der Waals surface area (Å²) in [6, 6.07) is 3.51. The van der Waals surface area contributed by atoms with Crippen molar-refractivity contribution in [3.63, 3.8) is 0 Å². The molecule has 0 unspecified atom stereocenters. The second-order valence-electron chi connectivity index (χ2n) is 6.03. The van der Waals surface area contributed by atoms with Crippen molar-refractivity contribution >= 4 is 24.0 Å². The molecule has 130 valence electrons. The molecule has 2 aromatic rings. The zero-order chi connectivity index (χ0) is 16.4. The Labute approximate surface area is 146 Å². The lowest BCUT2D eigenvalue weighted by Gasteiger charge is -2.36. The van der Waals surface area contributed by atoms with Crippen molar-refractivity contribution in [1.29, 1.82) is 0 Å². The number of carbonyl (C=O) groups excluding carboxylic acids is 1. The van der Waals surface area contributed by atoms with Crippen molar-refractivity contribution in [3.8, 4) is 0 Å². The Kier molecular flexibility index (Phi) is 5.46. The van der Waals surface area contributed by atoms with Gasteiger partial charge in [-0.25, -0.2) is 0 Å². The van der Waals surface area contributed by atoms with Crippen LogP contribution in [0.3, 0.4) is 0 Å². The zero-order valence-electron chi connectivity index (χ0n) is 13.8. The van der Waals surface area contributed by atoms with Gasteiger partial charge in [0.05, 0.1) is 0 Å². The van der Waals surface area contributed by atoms with E-state index in [1.807, 2.05) is 13.0 Å². The van der Waals surface area contributed by atoms with Gasteiger partial charge in [0.25, 0.3) is 11.5 Å². The number of nitrogens with one attached hydrogen (secondary N) is 2. The maximum Gasteiger partial charge on any atom is 0.274 e. The fourth-order valence-corrected chi connectivity index (χ4v) is 3.13. The number of pyridine rings is 1. The molecule has 3 heterocycles. The highest BCUT2D eigenvalue weighted by Crippen LogP contribution is 2.28. The lowest BCUT2D eigenvalue weighted by molar-refractivity contribution is -0.126. The lowest BCUT2D eigenvalue weighted by Crippen LogP contribution is -2.52. The summed E-state index contributed by atoms with van der Waals surface area (Å²) in [4.78, 5) is 25.3. The SMILES string of the molecule is Cc1cc(NC(=O)C2(n3cccn3)CCNCC2)c(=O)n(C)c1.Cl. The number of aryl methyl sites for hydroxylation is 2. The Morgan fingerprint density at radius 2 is 2.08 bits per heavy atom. The number of carbonyl (C=O) groups is 1. The molecule has 2 aromatic heterocycles. The maximum absolute atomic E-state index is 13.0. The molecular weight excluding hydrogens is 330 g/mol. The third kappa shape index (κ3) is 3.22. The van der Waals surface area contributed by atoms with Crippen molar-refractivity contribution in [2.24, 2.45) is 7.05 Å². The number of anilines is 1. The molecule has 0 saturated carbocycles. The smallest absolute Gasteiger partial charge is 0.274 e. The van der Waals surface area contributed by atoms with Crippen LogP contribution >= 0.6 is 12.4 Å².